The zero-order valence-corrected chi connectivity index (χ0v) is 15.6. The van der Waals surface area contributed by atoms with Gasteiger partial charge in [0.25, 0.3) is 0 Å². The number of carbonyl (C=O) groups is 1. The van der Waals surface area contributed by atoms with Crippen LogP contribution in [0.4, 0.5) is 10.5 Å². The molecule has 0 aliphatic rings. The number of aromatic nitrogens is 1. The summed E-state index contributed by atoms with van der Waals surface area (Å²) in [4.78, 5) is 12.1. The van der Waals surface area contributed by atoms with Crippen molar-refractivity contribution < 1.29 is 14.1 Å². The van der Waals surface area contributed by atoms with E-state index in [0.717, 1.165) is 15.6 Å². The van der Waals surface area contributed by atoms with Gasteiger partial charge in [0.1, 0.15) is 18.0 Å². The lowest BCUT2D eigenvalue weighted by Gasteiger charge is -2.08. The van der Waals surface area contributed by atoms with Crippen molar-refractivity contribution in [3.8, 4) is 11.3 Å². The number of anilines is 1. The van der Waals surface area contributed by atoms with Crippen LogP contribution in [0.2, 0.25) is 5.02 Å². The van der Waals surface area contributed by atoms with E-state index in [0.29, 0.717) is 22.2 Å². The first-order valence-corrected chi connectivity index (χ1v) is 8.61. The maximum atomic E-state index is 12.1. The van der Waals surface area contributed by atoms with Crippen LogP contribution in [0, 0.1) is 6.92 Å². The van der Waals surface area contributed by atoms with Crippen molar-refractivity contribution >= 4 is 39.3 Å². The SMILES string of the molecule is Cc1onc(-c2ccc(Br)cc2)c1NC(=O)OCc1ccccc1Cl. The van der Waals surface area contributed by atoms with Gasteiger partial charge in [0.2, 0.25) is 0 Å². The maximum absolute atomic E-state index is 12.1. The number of rotatable bonds is 4. The lowest BCUT2D eigenvalue weighted by atomic mass is 10.1. The van der Waals surface area contributed by atoms with Gasteiger partial charge in [-0.15, -0.1) is 0 Å². The number of nitrogens with zero attached hydrogens (tertiary/aromatic N) is 1. The van der Waals surface area contributed by atoms with Crippen LogP contribution in [0.15, 0.2) is 57.5 Å². The Hall–Kier alpha value is -2.31. The fourth-order valence-corrected chi connectivity index (χ4v) is 2.68. The van der Waals surface area contributed by atoms with Crippen LogP contribution in [-0.2, 0) is 11.3 Å². The first-order chi connectivity index (χ1) is 12.0. The Morgan fingerprint density at radius 3 is 2.68 bits per heavy atom. The molecule has 3 rings (SSSR count). The van der Waals surface area contributed by atoms with E-state index < -0.39 is 6.09 Å². The van der Waals surface area contributed by atoms with Crippen LogP contribution in [0.1, 0.15) is 11.3 Å². The van der Waals surface area contributed by atoms with E-state index in [-0.39, 0.29) is 6.61 Å². The van der Waals surface area contributed by atoms with Crippen LogP contribution in [0.3, 0.4) is 0 Å². The molecule has 0 saturated heterocycles. The van der Waals surface area contributed by atoms with E-state index in [1.165, 1.54) is 0 Å². The molecule has 7 heteroatoms. The number of amides is 1. The van der Waals surface area contributed by atoms with Gasteiger partial charge in [-0.2, -0.15) is 0 Å². The third-order valence-electron chi connectivity index (χ3n) is 3.52. The fourth-order valence-electron chi connectivity index (χ4n) is 2.22. The molecule has 5 nitrogen and oxygen atoms in total. The second kappa shape index (κ2) is 7.72. The quantitative estimate of drug-likeness (QED) is 0.577. The Morgan fingerprint density at radius 1 is 1.24 bits per heavy atom. The Kier molecular flexibility index (Phi) is 5.40. The molecule has 0 bridgehead atoms. The Balaban J connectivity index is 1.72. The van der Waals surface area contributed by atoms with Gasteiger partial charge in [-0.1, -0.05) is 63.0 Å². The van der Waals surface area contributed by atoms with Gasteiger partial charge in [0, 0.05) is 20.6 Å². The van der Waals surface area contributed by atoms with Crippen molar-refractivity contribution in [3.05, 3.63) is 69.3 Å². The summed E-state index contributed by atoms with van der Waals surface area (Å²) >= 11 is 9.44. The lowest BCUT2D eigenvalue weighted by molar-refractivity contribution is 0.155. The highest BCUT2D eigenvalue weighted by Gasteiger charge is 2.18. The standard InChI is InChI=1S/C18H14BrClN2O3/c1-11-16(17(22-25-11)12-6-8-14(19)9-7-12)21-18(23)24-10-13-4-2-3-5-15(13)20/h2-9H,10H2,1H3,(H,21,23). The summed E-state index contributed by atoms with van der Waals surface area (Å²) in [5.74, 6) is 0.493. The molecule has 0 radical (unpaired) electrons. The highest BCUT2D eigenvalue weighted by Crippen LogP contribution is 2.31. The summed E-state index contributed by atoms with van der Waals surface area (Å²) in [6, 6.07) is 14.7. The number of benzene rings is 2. The summed E-state index contributed by atoms with van der Waals surface area (Å²) < 4.78 is 11.4. The predicted octanol–water partition coefficient (Wildman–Crippen LogP) is 5.81. The van der Waals surface area contributed by atoms with Crippen LogP contribution >= 0.6 is 27.5 Å². The summed E-state index contributed by atoms with van der Waals surface area (Å²) in [7, 11) is 0. The van der Waals surface area contributed by atoms with Gasteiger partial charge in [-0.05, 0) is 25.1 Å². The second-order valence-electron chi connectivity index (χ2n) is 5.26. The number of ether oxygens (including phenoxy) is 1. The van der Waals surface area contributed by atoms with Gasteiger partial charge in [-0.3, -0.25) is 5.32 Å². The Bertz CT molecular complexity index is 894. The minimum atomic E-state index is -0.607. The minimum Gasteiger partial charge on any atom is -0.444 e. The predicted molar refractivity (Wildman–Crippen MR) is 99.6 cm³/mol. The summed E-state index contributed by atoms with van der Waals surface area (Å²) in [6.07, 6.45) is -0.607. The first kappa shape index (κ1) is 17.5. The molecular formula is C18H14BrClN2O3. The molecule has 0 unspecified atom stereocenters. The zero-order chi connectivity index (χ0) is 17.8. The van der Waals surface area contributed by atoms with E-state index in [1.807, 2.05) is 36.4 Å². The summed E-state index contributed by atoms with van der Waals surface area (Å²) in [5, 5.41) is 7.26. The second-order valence-corrected chi connectivity index (χ2v) is 6.58. The number of carbonyl (C=O) groups excluding carboxylic acids is 1. The molecule has 3 aromatic rings. The van der Waals surface area contributed by atoms with Crippen molar-refractivity contribution in [2.24, 2.45) is 0 Å². The van der Waals surface area contributed by atoms with E-state index >= 15 is 0 Å². The molecule has 1 heterocycles. The van der Waals surface area contributed by atoms with Gasteiger partial charge in [-0.25, -0.2) is 4.79 Å². The summed E-state index contributed by atoms with van der Waals surface area (Å²) in [6.45, 7) is 1.79. The molecule has 1 amide bonds. The highest BCUT2D eigenvalue weighted by molar-refractivity contribution is 9.10. The molecule has 1 aromatic heterocycles. The van der Waals surface area contributed by atoms with Crippen molar-refractivity contribution in [1.29, 1.82) is 0 Å². The largest absolute Gasteiger partial charge is 0.444 e. The molecule has 128 valence electrons. The zero-order valence-electron chi connectivity index (χ0n) is 13.3. The van der Waals surface area contributed by atoms with Crippen molar-refractivity contribution in [2.45, 2.75) is 13.5 Å². The van der Waals surface area contributed by atoms with Crippen LogP contribution in [-0.4, -0.2) is 11.2 Å². The van der Waals surface area contributed by atoms with Crippen LogP contribution in [0.5, 0.6) is 0 Å². The minimum absolute atomic E-state index is 0.0729. The van der Waals surface area contributed by atoms with Gasteiger partial charge in [0.15, 0.2) is 5.76 Å². The molecule has 0 atom stereocenters. The van der Waals surface area contributed by atoms with Gasteiger partial charge >= 0.3 is 6.09 Å². The third kappa shape index (κ3) is 4.21. The average molecular weight is 422 g/mol. The number of nitrogens with one attached hydrogen (secondary N) is 1. The Morgan fingerprint density at radius 2 is 1.96 bits per heavy atom. The highest BCUT2D eigenvalue weighted by atomic mass is 79.9. The maximum Gasteiger partial charge on any atom is 0.412 e. The molecule has 25 heavy (non-hydrogen) atoms. The topological polar surface area (TPSA) is 64.4 Å². The molecule has 0 fully saturated rings. The first-order valence-electron chi connectivity index (χ1n) is 7.44. The molecule has 0 spiro atoms. The van der Waals surface area contributed by atoms with Crippen molar-refractivity contribution in [1.82, 2.24) is 5.16 Å². The molecule has 1 N–H and O–H groups in total. The normalized spacial score (nSPS) is 10.5. The number of halogens is 2. The van der Waals surface area contributed by atoms with E-state index in [1.54, 1.807) is 19.1 Å². The average Bonchev–Trinajstić information content (AvgIpc) is 2.96. The smallest absolute Gasteiger partial charge is 0.412 e. The van der Waals surface area contributed by atoms with E-state index in [9.17, 15) is 4.79 Å². The molecule has 0 aliphatic carbocycles. The summed E-state index contributed by atoms with van der Waals surface area (Å²) in [5.41, 5.74) is 2.57. The number of hydrogen-bond acceptors (Lipinski definition) is 4. The number of hydrogen-bond donors (Lipinski definition) is 1. The van der Waals surface area contributed by atoms with E-state index in [2.05, 4.69) is 26.4 Å². The Labute approximate surface area is 158 Å². The molecule has 0 saturated carbocycles. The van der Waals surface area contributed by atoms with Crippen LogP contribution < -0.4 is 5.32 Å². The van der Waals surface area contributed by atoms with Crippen molar-refractivity contribution in [2.75, 3.05) is 5.32 Å². The van der Waals surface area contributed by atoms with Crippen LogP contribution in [0.25, 0.3) is 11.3 Å². The fraction of sp³-hybridized carbons (Fsp3) is 0.111. The molecule has 0 aliphatic heterocycles. The van der Waals surface area contributed by atoms with Gasteiger partial charge in [0.05, 0.1) is 0 Å². The molecular weight excluding hydrogens is 408 g/mol. The molecule has 2 aromatic carbocycles. The monoisotopic (exact) mass is 420 g/mol. The van der Waals surface area contributed by atoms with Crippen molar-refractivity contribution in [3.63, 3.8) is 0 Å². The van der Waals surface area contributed by atoms with E-state index in [4.69, 9.17) is 20.9 Å². The lowest BCUT2D eigenvalue weighted by Crippen LogP contribution is -2.14. The number of aryl methyl sites for hydroxylation is 1. The van der Waals surface area contributed by atoms with Gasteiger partial charge < -0.3 is 9.26 Å². The third-order valence-corrected chi connectivity index (χ3v) is 4.42.